The van der Waals surface area contributed by atoms with Crippen molar-refractivity contribution in [1.29, 1.82) is 0 Å². The SMILES string of the molecule is CC1CN(C(=O)[C@H](N)c2ccc(F)cc2)C1. The minimum absolute atomic E-state index is 0.0790. The zero-order valence-corrected chi connectivity index (χ0v) is 9.19. The van der Waals surface area contributed by atoms with E-state index < -0.39 is 6.04 Å². The minimum atomic E-state index is -0.673. The number of carbonyl (C=O) groups is 1. The summed E-state index contributed by atoms with van der Waals surface area (Å²) < 4.78 is 12.7. The molecule has 0 aliphatic carbocycles. The second-order valence-corrected chi connectivity index (χ2v) is 4.38. The van der Waals surface area contributed by atoms with Gasteiger partial charge in [-0.15, -0.1) is 0 Å². The van der Waals surface area contributed by atoms with Gasteiger partial charge in [0.2, 0.25) is 5.91 Å². The van der Waals surface area contributed by atoms with Gasteiger partial charge in [0, 0.05) is 13.1 Å². The first kappa shape index (κ1) is 11.1. The molecule has 1 amide bonds. The summed E-state index contributed by atoms with van der Waals surface area (Å²) in [6.45, 7) is 3.63. The summed E-state index contributed by atoms with van der Waals surface area (Å²) >= 11 is 0. The van der Waals surface area contributed by atoms with Gasteiger partial charge in [0.1, 0.15) is 11.9 Å². The van der Waals surface area contributed by atoms with Crippen LogP contribution in [0.5, 0.6) is 0 Å². The van der Waals surface area contributed by atoms with Crippen LogP contribution in [0, 0.1) is 11.7 Å². The fraction of sp³-hybridized carbons (Fsp3) is 0.417. The molecule has 1 saturated heterocycles. The number of halogens is 1. The highest BCUT2D eigenvalue weighted by Gasteiger charge is 2.30. The first-order chi connectivity index (χ1) is 7.58. The monoisotopic (exact) mass is 222 g/mol. The zero-order chi connectivity index (χ0) is 11.7. The highest BCUT2D eigenvalue weighted by atomic mass is 19.1. The van der Waals surface area contributed by atoms with E-state index in [1.165, 1.54) is 12.1 Å². The maximum absolute atomic E-state index is 12.7. The molecule has 0 radical (unpaired) electrons. The molecule has 1 atom stereocenters. The Morgan fingerprint density at radius 3 is 2.50 bits per heavy atom. The van der Waals surface area contributed by atoms with Crippen LogP contribution in [0.2, 0.25) is 0 Å². The molecule has 2 rings (SSSR count). The van der Waals surface area contributed by atoms with Crippen LogP contribution in [-0.2, 0) is 4.79 Å². The average molecular weight is 222 g/mol. The van der Waals surface area contributed by atoms with Crippen LogP contribution >= 0.6 is 0 Å². The lowest BCUT2D eigenvalue weighted by Crippen LogP contribution is -2.51. The highest BCUT2D eigenvalue weighted by molar-refractivity contribution is 5.83. The standard InChI is InChI=1S/C12H15FN2O/c1-8-6-15(7-8)12(16)11(14)9-2-4-10(13)5-3-9/h2-5,8,11H,6-7,14H2,1H3/t11-/m1/s1. The quantitative estimate of drug-likeness (QED) is 0.820. The number of nitrogens with zero attached hydrogens (tertiary/aromatic N) is 1. The van der Waals surface area contributed by atoms with Crippen molar-refractivity contribution < 1.29 is 9.18 Å². The Morgan fingerprint density at radius 2 is 2.00 bits per heavy atom. The third-order valence-electron chi connectivity index (χ3n) is 2.87. The van der Waals surface area contributed by atoms with E-state index in [0.29, 0.717) is 11.5 Å². The lowest BCUT2D eigenvalue weighted by molar-refractivity contribution is -0.138. The molecule has 0 bridgehead atoms. The van der Waals surface area contributed by atoms with Gasteiger partial charge in [0.05, 0.1) is 0 Å². The summed E-state index contributed by atoms with van der Waals surface area (Å²) in [5, 5.41) is 0. The van der Waals surface area contributed by atoms with Gasteiger partial charge in [-0.2, -0.15) is 0 Å². The molecule has 1 aromatic rings. The Labute approximate surface area is 94.0 Å². The molecule has 16 heavy (non-hydrogen) atoms. The van der Waals surface area contributed by atoms with Gasteiger partial charge < -0.3 is 10.6 Å². The summed E-state index contributed by atoms with van der Waals surface area (Å²) in [6, 6.07) is 5.08. The van der Waals surface area contributed by atoms with Crippen LogP contribution in [0.25, 0.3) is 0 Å². The lowest BCUT2D eigenvalue weighted by Gasteiger charge is -2.38. The van der Waals surface area contributed by atoms with Crippen LogP contribution in [0.1, 0.15) is 18.5 Å². The van der Waals surface area contributed by atoms with Crippen LogP contribution in [0.3, 0.4) is 0 Å². The number of rotatable bonds is 2. The second-order valence-electron chi connectivity index (χ2n) is 4.38. The average Bonchev–Trinajstić information content (AvgIpc) is 2.24. The van der Waals surface area contributed by atoms with Crippen molar-refractivity contribution in [3.8, 4) is 0 Å². The molecule has 0 spiro atoms. The van der Waals surface area contributed by atoms with E-state index in [4.69, 9.17) is 5.73 Å². The van der Waals surface area contributed by atoms with Crippen molar-refractivity contribution in [2.45, 2.75) is 13.0 Å². The number of hydrogen-bond donors (Lipinski definition) is 1. The lowest BCUT2D eigenvalue weighted by atomic mass is 9.99. The number of nitrogens with two attached hydrogens (primary N) is 1. The molecular formula is C12H15FN2O. The Balaban J connectivity index is 2.04. The number of hydrogen-bond acceptors (Lipinski definition) is 2. The Morgan fingerprint density at radius 1 is 1.44 bits per heavy atom. The van der Waals surface area contributed by atoms with Crippen molar-refractivity contribution in [3.05, 3.63) is 35.6 Å². The summed E-state index contributed by atoms with van der Waals surface area (Å²) in [7, 11) is 0. The Kier molecular flexibility index (Phi) is 2.92. The van der Waals surface area contributed by atoms with Gasteiger partial charge in [-0.05, 0) is 23.6 Å². The predicted molar refractivity (Wildman–Crippen MR) is 59.1 cm³/mol. The molecule has 0 saturated carbocycles. The summed E-state index contributed by atoms with van der Waals surface area (Å²) in [4.78, 5) is 13.6. The smallest absolute Gasteiger partial charge is 0.244 e. The first-order valence-corrected chi connectivity index (χ1v) is 5.38. The predicted octanol–water partition coefficient (Wildman–Crippen LogP) is 1.30. The highest BCUT2D eigenvalue weighted by Crippen LogP contribution is 2.20. The molecule has 1 aliphatic rings. The van der Waals surface area contributed by atoms with E-state index in [0.717, 1.165) is 13.1 Å². The topological polar surface area (TPSA) is 46.3 Å². The first-order valence-electron chi connectivity index (χ1n) is 5.38. The largest absolute Gasteiger partial charge is 0.340 e. The molecule has 1 aliphatic heterocycles. The van der Waals surface area contributed by atoms with E-state index in [-0.39, 0.29) is 11.7 Å². The van der Waals surface area contributed by atoms with Crippen LogP contribution < -0.4 is 5.73 Å². The van der Waals surface area contributed by atoms with Crippen molar-refractivity contribution in [1.82, 2.24) is 4.90 Å². The molecule has 86 valence electrons. The fourth-order valence-corrected chi connectivity index (χ4v) is 1.89. The Bertz CT molecular complexity index is 385. The summed E-state index contributed by atoms with van der Waals surface area (Å²) in [6.07, 6.45) is 0. The zero-order valence-electron chi connectivity index (χ0n) is 9.19. The third kappa shape index (κ3) is 2.07. The molecule has 1 heterocycles. The van der Waals surface area contributed by atoms with Crippen molar-refractivity contribution in [2.24, 2.45) is 11.7 Å². The normalized spacial score (nSPS) is 18.1. The van der Waals surface area contributed by atoms with Gasteiger partial charge in [-0.3, -0.25) is 4.79 Å². The molecule has 1 fully saturated rings. The van der Waals surface area contributed by atoms with Gasteiger partial charge in [0.25, 0.3) is 0 Å². The summed E-state index contributed by atoms with van der Waals surface area (Å²) in [5.41, 5.74) is 6.49. The Hall–Kier alpha value is -1.42. The minimum Gasteiger partial charge on any atom is -0.340 e. The fourth-order valence-electron chi connectivity index (χ4n) is 1.89. The number of likely N-dealkylation sites (tertiary alicyclic amines) is 1. The van der Waals surface area contributed by atoms with Gasteiger partial charge in [-0.25, -0.2) is 4.39 Å². The van der Waals surface area contributed by atoms with Crippen LogP contribution in [0.4, 0.5) is 4.39 Å². The second kappa shape index (κ2) is 4.22. The molecule has 0 aromatic heterocycles. The van der Waals surface area contributed by atoms with E-state index in [2.05, 4.69) is 6.92 Å². The van der Waals surface area contributed by atoms with Gasteiger partial charge in [0.15, 0.2) is 0 Å². The molecule has 0 unspecified atom stereocenters. The summed E-state index contributed by atoms with van der Waals surface area (Å²) in [5.74, 6) is 0.162. The molecule has 3 nitrogen and oxygen atoms in total. The van der Waals surface area contributed by atoms with Crippen LogP contribution in [-0.4, -0.2) is 23.9 Å². The van der Waals surface area contributed by atoms with Crippen molar-refractivity contribution in [3.63, 3.8) is 0 Å². The molecule has 4 heteroatoms. The van der Waals surface area contributed by atoms with Gasteiger partial charge >= 0.3 is 0 Å². The number of amides is 1. The van der Waals surface area contributed by atoms with E-state index in [9.17, 15) is 9.18 Å². The van der Waals surface area contributed by atoms with E-state index >= 15 is 0 Å². The van der Waals surface area contributed by atoms with Gasteiger partial charge in [-0.1, -0.05) is 19.1 Å². The molecule has 1 aromatic carbocycles. The van der Waals surface area contributed by atoms with Crippen molar-refractivity contribution >= 4 is 5.91 Å². The molecule has 2 N–H and O–H groups in total. The maximum atomic E-state index is 12.7. The van der Waals surface area contributed by atoms with E-state index in [1.54, 1.807) is 17.0 Å². The maximum Gasteiger partial charge on any atom is 0.244 e. The third-order valence-corrected chi connectivity index (χ3v) is 2.87. The van der Waals surface area contributed by atoms with Crippen molar-refractivity contribution in [2.75, 3.05) is 13.1 Å². The van der Waals surface area contributed by atoms with E-state index in [1.807, 2.05) is 0 Å². The number of carbonyl (C=O) groups excluding carboxylic acids is 1. The van der Waals surface area contributed by atoms with Crippen LogP contribution in [0.15, 0.2) is 24.3 Å². The number of benzene rings is 1. The molecular weight excluding hydrogens is 207 g/mol.